The van der Waals surface area contributed by atoms with Crippen LogP contribution in [0.4, 0.5) is 0 Å². The van der Waals surface area contributed by atoms with Gasteiger partial charge in [-0.1, -0.05) is 23.7 Å². The fourth-order valence-electron chi connectivity index (χ4n) is 2.95. The molecule has 1 N–H and O–H groups in total. The number of benzene rings is 2. The Kier molecular flexibility index (Phi) is 4.43. The Bertz CT molecular complexity index is 657. The maximum Gasteiger partial charge on any atom is 0.134 e. The number of likely N-dealkylation sites (N-methyl/N-ethyl adjacent to an activating group) is 1. The summed E-state index contributed by atoms with van der Waals surface area (Å²) in [4.78, 5) is 2.34. The monoisotopic (exact) mass is 413 g/mol. The molecule has 1 heterocycles. The molecule has 0 aromatic heterocycles. The second kappa shape index (κ2) is 6.15. The normalized spacial score (nSPS) is 19.1. The molecule has 0 amide bonds. The van der Waals surface area contributed by atoms with Crippen molar-refractivity contribution in [3.8, 4) is 5.75 Å². The predicted molar refractivity (Wildman–Crippen MR) is 95.3 cm³/mol. The van der Waals surface area contributed by atoms with Gasteiger partial charge in [0, 0.05) is 22.6 Å². The molecule has 2 nitrogen and oxygen atoms in total. The number of phenols is 1. The van der Waals surface area contributed by atoms with Gasteiger partial charge in [-0.25, -0.2) is 0 Å². The van der Waals surface area contributed by atoms with Gasteiger partial charge in [0.2, 0.25) is 0 Å². The zero-order chi connectivity index (χ0) is 15.0. The van der Waals surface area contributed by atoms with Crippen LogP contribution in [0.1, 0.15) is 22.6 Å². The van der Waals surface area contributed by atoms with E-state index in [1.165, 1.54) is 20.3 Å². The molecule has 21 heavy (non-hydrogen) atoms. The topological polar surface area (TPSA) is 23.5 Å². The van der Waals surface area contributed by atoms with Crippen molar-refractivity contribution in [2.45, 2.75) is 12.3 Å². The largest absolute Gasteiger partial charge is 0.506 e. The summed E-state index contributed by atoms with van der Waals surface area (Å²) >= 11 is 8.41. The Morgan fingerprint density at radius 1 is 1.24 bits per heavy atom. The van der Waals surface area contributed by atoms with Crippen LogP contribution in [0.3, 0.4) is 0 Å². The van der Waals surface area contributed by atoms with Crippen molar-refractivity contribution >= 4 is 34.2 Å². The predicted octanol–water partition coefficient (Wildman–Crippen LogP) is 4.27. The van der Waals surface area contributed by atoms with E-state index in [4.69, 9.17) is 11.6 Å². The summed E-state index contributed by atoms with van der Waals surface area (Å²) in [7, 11) is 2.15. The van der Waals surface area contributed by atoms with Crippen molar-refractivity contribution in [3.05, 3.63) is 61.7 Å². The molecular formula is C17H17ClINO. The summed E-state index contributed by atoms with van der Waals surface area (Å²) < 4.78 is 1.23. The van der Waals surface area contributed by atoms with E-state index in [1.54, 1.807) is 0 Å². The van der Waals surface area contributed by atoms with E-state index in [-0.39, 0.29) is 11.7 Å². The van der Waals surface area contributed by atoms with E-state index in [1.807, 2.05) is 12.1 Å². The fraction of sp³-hybridized carbons (Fsp3) is 0.294. The molecule has 1 aliphatic rings. The van der Waals surface area contributed by atoms with Gasteiger partial charge in [-0.15, -0.1) is 0 Å². The number of rotatable bonds is 1. The van der Waals surface area contributed by atoms with Gasteiger partial charge >= 0.3 is 0 Å². The van der Waals surface area contributed by atoms with Crippen LogP contribution in [-0.2, 0) is 6.42 Å². The molecule has 0 aliphatic carbocycles. The minimum absolute atomic E-state index is 0.176. The third kappa shape index (κ3) is 3.20. The number of hydrogen-bond acceptors (Lipinski definition) is 2. The number of nitrogens with zero attached hydrogens (tertiary/aromatic N) is 1. The summed E-state index contributed by atoms with van der Waals surface area (Å²) in [5.41, 5.74) is 3.72. The molecule has 0 saturated carbocycles. The van der Waals surface area contributed by atoms with Crippen molar-refractivity contribution in [1.82, 2.24) is 4.90 Å². The van der Waals surface area contributed by atoms with Crippen LogP contribution in [0.25, 0.3) is 0 Å². The van der Waals surface area contributed by atoms with Crippen LogP contribution in [-0.4, -0.2) is 30.1 Å². The minimum Gasteiger partial charge on any atom is -0.506 e. The van der Waals surface area contributed by atoms with Crippen LogP contribution in [0.5, 0.6) is 5.75 Å². The standard InChI is InChI=1S/C17H17ClINO/c1-20-7-6-12-8-16(18)17(21)9-14(12)15(10-20)11-2-4-13(19)5-3-11/h2-5,8-9,15,21H,6-7,10H2,1H3. The first-order valence-corrected chi connectivity index (χ1v) is 8.45. The van der Waals surface area contributed by atoms with Crippen LogP contribution < -0.4 is 0 Å². The number of halogens is 2. The maximum absolute atomic E-state index is 10.00. The molecule has 0 saturated heterocycles. The molecule has 0 bridgehead atoms. The molecule has 1 unspecified atom stereocenters. The van der Waals surface area contributed by atoms with Gasteiger partial charge in [0.1, 0.15) is 5.75 Å². The Labute approximate surface area is 143 Å². The summed E-state index contributed by atoms with van der Waals surface area (Å²) in [6, 6.07) is 12.4. The Hall–Kier alpha value is -0.780. The van der Waals surface area contributed by atoms with E-state index in [0.29, 0.717) is 5.02 Å². The van der Waals surface area contributed by atoms with Crippen LogP contribution >= 0.6 is 34.2 Å². The first-order chi connectivity index (χ1) is 10.0. The zero-order valence-electron chi connectivity index (χ0n) is 11.8. The molecule has 2 aromatic carbocycles. The van der Waals surface area contributed by atoms with E-state index in [2.05, 4.69) is 58.8 Å². The molecule has 0 radical (unpaired) electrons. The third-order valence-corrected chi connectivity index (χ3v) is 5.14. The molecular weight excluding hydrogens is 397 g/mol. The average Bonchev–Trinajstić information content (AvgIpc) is 2.61. The van der Waals surface area contributed by atoms with Gasteiger partial charge < -0.3 is 10.0 Å². The lowest BCUT2D eigenvalue weighted by Crippen LogP contribution is -2.24. The maximum atomic E-state index is 10.00. The summed E-state index contributed by atoms with van der Waals surface area (Å²) in [5, 5.41) is 10.4. The average molecular weight is 414 g/mol. The number of phenolic OH excluding ortho intramolecular Hbond substituents is 1. The van der Waals surface area contributed by atoms with E-state index in [0.717, 1.165) is 19.5 Å². The number of hydrogen-bond donors (Lipinski definition) is 1. The fourth-order valence-corrected chi connectivity index (χ4v) is 3.50. The summed E-state index contributed by atoms with van der Waals surface area (Å²) in [6.07, 6.45) is 0.965. The smallest absolute Gasteiger partial charge is 0.134 e. The first-order valence-electron chi connectivity index (χ1n) is 7.00. The highest BCUT2D eigenvalue weighted by Crippen LogP contribution is 2.36. The lowest BCUT2D eigenvalue weighted by atomic mass is 9.88. The van der Waals surface area contributed by atoms with Crippen LogP contribution in [0.2, 0.25) is 5.02 Å². The Morgan fingerprint density at radius 3 is 2.67 bits per heavy atom. The summed E-state index contributed by atoms with van der Waals surface area (Å²) in [6.45, 7) is 1.96. The van der Waals surface area contributed by atoms with E-state index in [9.17, 15) is 5.11 Å². The van der Waals surface area contributed by atoms with Crippen molar-refractivity contribution in [3.63, 3.8) is 0 Å². The Morgan fingerprint density at radius 2 is 1.95 bits per heavy atom. The van der Waals surface area contributed by atoms with Gasteiger partial charge in [-0.2, -0.15) is 0 Å². The SMILES string of the molecule is CN1CCc2cc(Cl)c(O)cc2C(c2ccc(I)cc2)C1. The quantitative estimate of drug-likeness (QED) is 0.706. The lowest BCUT2D eigenvalue weighted by molar-refractivity contribution is 0.338. The zero-order valence-corrected chi connectivity index (χ0v) is 14.7. The van der Waals surface area contributed by atoms with Crippen LogP contribution in [0, 0.1) is 3.57 Å². The highest BCUT2D eigenvalue weighted by molar-refractivity contribution is 14.1. The van der Waals surface area contributed by atoms with Crippen molar-refractivity contribution < 1.29 is 5.11 Å². The molecule has 110 valence electrons. The lowest BCUT2D eigenvalue weighted by Gasteiger charge is -2.22. The van der Waals surface area contributed by atoms with E-state index >= 15 is 0 Å². The molecule has 2 aromatic rings. The second-order valence-corrected chi connectivity index (χ2v) is 7.27. The highest BCUT2D eigenvalue weighted by Gasteiger charge is 2.24. The highest BCUT2D eigenvalue weighted by atomic mass is 127. The molecule has 3 rings (SSSR count). The van der Waals surface area contributed by atoms with Crippen molar-refractivity contribution in [1.29, 1.82) is 0 Å². The molecule has 0 spiro atoms. The number of fused-ring (bicyclic) bond motifs is 1. The van der Waals surface area contributed by atoms with Gasteiger partial charge in [0.15, 0.2) is 0 Å². The van der Waals surface area contributed by atoms with E-state index < -0.39 is 0 Å². The molecule has 1 aliphatic heterocycles. The van der Waals surface area contributed by atoms with Gasteiger partial charge in [0.25, 0.3) is 0 Å². The van der Waals surface area contributed by atoms with Gasteiger partial charge in [-0.05, 0) is 77.0 Å². The van der Waals surface area contributed by atoms with Crippen molar-refractivity contribution in [2.75, 3.05) is 20.1 Å². The first kappa shape index (κ1) is 15.1. The third-order valence-electron chi connectivity index (χ3n) is 4.11. The van der Waals surface area contributed by atoms with Gasteiger partial charge in [0.05, 0.1) is 5.02 Å². The number of aromatic hydroxyl groups is 1. The molecule has 4 heteroatoms. The second-order valence-electron chi connectivity index (χ2n) is 5.62. The molecule has 0 fully saturated rings. The van der Waals surface area contributed by atoms with Crippen LogP contribution in [0.15, 0.2) is 36.4 Å². The Balaban J connectivity index is 2.11. The summed E-state index contributed by atoms with van der Waals surface area (Å²) in [5.74, 6) is 0.447. The van der Waals surface area contributed by atoms with Crippen molar-refractivity contribution in [2.24, 2.45) is 0 Å². The minimum atomic E-state index is 0.176. The van der Waals surface area contributed by atoms with Gasteiger partial charge in [-0.3, -0.25) is 0 Å². The molecule has 1 atom stereocenters.